The highest BCUT2D eigenvalue weighted by Crippen LogP contribution is 2.13. The van der Waals surface area contributed by atoms with Crippen LogP contribution in [-0.2, 0) is 19.1 Å². The van der Waals surface area contributed by atoms with Crippen LogP contribution in [-0.4, -0.2) is 62.8 Å². The first-order valence-electron chi connectivity index (χ1n) is 20.7. The van der Waals surface area contributed by atoms with E-state index >= 15 is 0 Å². The van der Waals surface area contributed by atoms with E-state index in [0.29, 0.717) is 38.8 Å². The molecular formula is C41H82N2O4. The second-order valence-electron chi connectivity index (χ2n) is 14.4. The molecule has 6 nitrogen and oxygen atoms in total. The number of carbonyl (C=O) groups excluding carboxylic acids is 2. The lowest BCUT2D eigenvalue weighted by molar-refractivity contribution is -0.135. The zero-order valence-electron chi connectivity index (χ0n) is 32.2. The Kier molecular flexibility index (Phi) is 36.8. The number of carbonyl (C=O) groups is 2. The molecule has 0 spiro atoms. The lowest BCUT2D eigenvalue weighted by Crippen LogP contribution is -2.37. The van der Waals surface area contributed by atoms with E-state index in [1.807, 2.05) is 4.90 Å². The minimum Gasteiger partial charge on any atom is -0.380 e. The summed E-state index contributed by atoms with van der Waals surface area (Å²) in [6.07, 6.45) is 33.5. The van der Waals surface area contributed by atoms with E-state index in [-0.39, 0.29) is 24.7 Å². The van der Waals surface area contributed by atoms with Crippen molar-refractivity contribution >= 4 is 11.8 Å². The van der Waals surface area contributed by atoms with Gasteiger partial charge in [0.1, 0.15) is 0 Å². The maximum atomic E-state index is 13.0. The molecule has 0 unspecified atom stereocenters. The number of ether oxygens (including phenoxy) is 2. The molecule has 0 aliphatic rings. The summed E-state index contributed by atoms with van der Waals surface area (Å²) in [6, 6.07) is 0. The van der Waals surface area contributed by atoms with Crippen molar-refractivity contribution in [3.63, 3.8) is 0 Å². The van der Waals surface area contributed by atoms with Crippen molar-refractivity contribution in [3.8, 4) is 0 Å². The van der Waals surface area contributed by atoms with Crippen LogP contribution in [0.25, 0.3) is 0 Å². The highest BCUT2D eigenvalue weighted by Gasteiger charge is 2.15. The fourth-order valence-electron chi connectivity index (χ4n) is 5.97. The smallest absolute Gasteiger partial charge is 0.223 e. The molecule has 0 aromatic rings. The lowest BCUT2D eigenvalue weighted by atomic mass is 10.1. The Morgan fingerprint density at radius 1 is 0.511 bits per heavy atom. The molecule has 0 heterocycles. The minimum absolute atomic E-state index is 0.0203. The second kappa shape index (κ2) is 37.7. The Labute approximate surface area is 293 Å². The first-order valence-corrected chi connectivity index (χ1v) is 20.7. The average molecular weight is 667 g/mol. The third kappa shape index (κ3) is 36.0. The van der Waals surface area contributed by atoms with E-state index in [0.717, 1.165) is 32.5 Å². The van der Waals surface area contributed by atoms with Gasteiger partial charge in [-0.15, -0.1) is 0 Å². The normalized spacial score (nSPS) is 11.4. The van der Waals surface area contributed by atoms with Crippen LogP contribution < -0.4 is 5.32 Å². The number of amides is 2. The van der Waals surface area contributed by atoms with E-state index in [4.69, 9.17) is 9.47 Å². The van der Waals surface area contributed by atoms with Crippen molar-refractivity contribution in [2.75, 3.05) is 46.1 Å². The molecule has 47 heavy (non-hydrogen) atoms. The van der Waals surface area contributed by atoms with Gasteiger partial charge in [0.15, 0.2) is 0 Å². The van der Waals surface area contributed by atoms with Gasteiger partial charge in [0.05, 0.1) is 13.2 Å². The van der Waals surface area contributed by atoms with Crippen molar-refractivity contribution < 1.29 is 19.1 Å². The Morgan fingerprint density at radius 3 is 1.23 bits per heavy atom. The van der Waals surface area contributed by atoms with Crippen molar-refractivity contribution in [2.24, 2.45) is 5.92 Å². The van der Waals surface area contributed by atoms with Gasteiger partial charge in [-0.05, 0) is 25.2 Å². The molecule has 0 bridgehead atoms. The molecule has 2 amide bonds. The quantitative estimate of drug-likeness (QED) is 0.0666. The van der Waals surface area contributed by atoms with Gasteiger partial charge in [-0.25, -0.2) is 0 Å². The Morgan fingerprint density at radius 2 is 0.872 bits per heavy atom. The number of nitrogens with zero attached hydrogens (tertiary/aromatic N) is 1. The van der Waals surface area contributed by atoms with E-state index in [1.54, 1.807) is 0 Å². The van der Waals surface area contributed by atoms with Gasteiger partial charge in [-0.3, -0.25) is 9.59 Å². The predicted molar refractivity (Wildman–Crippen MR) is 202 cm³/mol. The van der Waals surface area contributed by atoms with Crippen molar-refractivity contribution in [3.05, 3.63) is 0 Å². The van der Waals surface area contributed by atoms with Crippen molar-refractivity contribution in [1.29, 1.82) is 0 Å². The minimum atomic E-state index is -0.0367. The predicted octanol–water partition coefficient (Wildman–Crippen LogP) is 11.2. The maximum absolute atomic E-state index is 13.0. The molecule has 0 fully saturated rings. The summed E-state index contributed by atoms with van der Waals surface area (Å²) in [5.41, 5.74) is 0. The first-order chi connectivity index (χ1) is 23.0. The summed E-state index contributed by atoms with van der Waals surface area (Å²) in [6.45, 7) is 13.3. The Hall–Kier alpha value is -1.14. The van der Waals surface area contributed by atoms with Crippen LogP contribution in [0, 0.1) is 5.92 Å². The van der Waals surface area contributed by atoms with Crippen molar-refractivity contribution in [1.82, 2.24) is 10.2 Å². The molecule has 1 N–H and O–H groups in total. The van der Waals surface area contributed by atoms with Crippen molar-refractivity contribution in [2.45, 2.75) is 201 Å². The molecule has 0 saturated heterocycles. The standard InChI is InChI=1S/C41H82N2O4/c1-5-7-9-11-13-15-17-19-21-23-25-27-35-46-37-33-43(41(45)30-29-40(44)42-32-31-39(3)4)34-38-47-36-28-26-24-22-20-18-16-14-12-10-8-6-2/h39H,5-38H2,1-4H3,(H,42,44). The highest BCUT2D eigenvalue weighted by molar-refractivity contribution is 5.83. The van der Waals surface area contributed by atoms with E-state index in [1.165, 1.54) is 141 Å². The van der Waals surface area contributed by atoms with Crippen LogP contribution in [0.5, 0.6) is 0 Å². The third-order valence-corrected chi connectivity index (χ3v) is 9.26. The zero-order valence-corrected chi connectivity index (χ0v) is 32.2. The zero-order chi connectivity index (χ0) is 34.5. The van der Waals surface area contributed by atoms with E-state index < -0.39 is 0 Å². The molecule has 0 radical (unpaired) electrons. The molecule has 0 atom stereocenters. The van der Waals surface area contributed by atoms with Gasteiger partial charge in [0.2, 0.25) is 11.8 Å². The largest absolute Gasteiger partial charge is 0.380 e. The highest BCUT2D eigenvalue weighted by atomic mass is 16.5. The van der Waals surface area contributed by atoms with Gasteiger partial charge >= 0.3 is 0 Å². The van der Waals surface area contributed by atoms with Gasteiger partial charge in [0, 0.05) is 45.7 Å². The third-order valence-electron chi connectivity index (χ3n) is 9.26. The Bertz CT molecular complexity index is 623. The van der Waals surface area contributed by atoms with Gasteiger partial charge in [-0.2, -0.15) is 0 Å². The summed E-state index contributed by atoms with van der Waals surface area (Å²) in [5, 5.41) is 2.95. The lowest BCUT2D eigenvalue weighted by Gasteiger charge is -2.23. The second-order valence-corrected chi connectivity index (χ2v) is 14.4. The number of hydrogen-bond acceptors (Lipinski definition) is 4. The van der Waals surface area contributed by atoms with Crippen LogP contribution in [0.4, 0.5) is 0 Å². The average Bonchev–Trinajstić information content (AvgIpc) is 3.06. The summed E-state index contributed by atoms with van der Waals surface area (Å²) in [7, 11) is 0. The van der Waals surface area contributed by atoms with Crippen LogP contribution >= 0.6 is 0 Å². The molecular weight excluding hydrogens is 584 g/mol. The molecule has 0 saturated carbocycles. The molecule has 0 rings (SSSR count). The molecule has 0 aromatic heterocycles. The van der Waals surface area contributed by atoms with E-state index in [9.17, 15) is 9.59 Å². The van der Waals surface area contributed by atoms with Gasteiger partial charge in [-0.1, -0.05) is 169 Å². The van der Waals surface area contributed by atoms with Crippen LogP contribution in [0.1, 0.15) is 201 Å². The van der Waals surface area contributed by atoms with Crippen LogP contribution in [0.2, 0.25) is 0 Å². The molecule has 280 valence electrons. The van der Waals surface area contributed by atoms with Gasteiger partial charge < -0.3 is 19.7 Å². The van der Waals surface area contributed by atoms with Crippen LogP contribution in [0.15, 0.2) is 0 Å². The summed E-state index contributed by atoms with van der Waals surface area (Å²) in [4.78, 5) is 27.1. The summed E-state index contributed by atoms with van der Waals surface area (Å²) in [5.74, 6) is 0.537. The monoisotopic (exact) mass is 667 g/mol. The molecule has 0 aliphatic carbocycles. The van der Waals surface area contributed by atoms with Gasteiger partial charge in [0.25, 0.3) is 0 Å². The summed E-state index contributed by atoms with van der Waals surface area (Å²) < 4.78 is 11.8. The molecule has 0 aromatic carbocycles. The SMILES string of the molecule is CCCCCCCCCCCCCCOCCN(CCOCCCCCCCCCCCCCC)C(=O)CCC(=O)NCCC(C)C. The Balaban J connectivity index is 4.08. The molecule has 6 heteroatoms. The van der Waals surface area contributed by atoms with E-state index in [2.05, 4.69) is 33.0 Å². The maximum Gasteiger partial charge on any atom is 0.223 e. The number of hydrogen-bond donors (Lipinski definition) is 1. The number of nitrogens with one attached hydrogen (secondary N) is 1. The first kappa shape index (κ1) is 45.9. The fourth-order valence-corrected chi connectivity index (χ4v) is 5.97. The topological polar surface area (TPSA) is 67.9 Å². The number of unbranched alkanes of at least 4 members (excludes halogenated alkanes) is 22. The summed E-state index contributed by atoms with van der Waals surface area (Å²) >= 11 is 0. The van der Waals surface area contributed by atoms with Crippen LogP contribution in [0.3, 0.4) is 0 Å². The fraction of sp³-hybridized carbons (Fsp3) is 0.951. The molecule has 0 aliphatic heterocycles. The number of rotatable bonds is 38.